The van der Waals surface area contributed by atoms with Crippen molar-refractivity contribution in [3.05, 3.63) is 89.1 Å². The molecule has 3 aromatic carbocycles. The van der Waals surface area contributed by atoms with Crippen LogP contribution in [0, 0.1) is 13.8 Å². The SMILES string of the molecule is CCOc1ccc(N2C(=O)C(Nc3cccc(OCC)c3)=C(c3ccc(C)c(C)c3)C2=O)cc1. The summed E-state index contributed by atoms with van der Waals surface area (Å²) < 4.78 is 11.1. The van der Waals surface area contributed by atoms with Crippen LogP contribution in [-0.4, -0.2) is 25.0 Å². The molecule has 1 aliphatic heterocycles. The van der Waals surface area contributed by atoms with Gasteiger partial charge in [-0.25, -0.2) is 4.90 Å². The molecule has 0 fully saturated rings. The minimum Gasteiger partial charge on any atom is -0.494 e. The summed E-state index contributed by atoms with van der Waals surface area (Å²) in [4.78, 5) is 28.4. The third-order valence-corrected chi connectivity index (χ3v) is 5.70. The van der Waals surface area contributed by atoms with Crippen molar-refractivity contribution >= 4 is 28.8 Å². The first-order valence-corrected chi connectivity index (χ1v) is 11.4. The predicted octanol–water partition coefficient (Wildman–Crippen LogP) is 5.50. The molecule has 0 spiro atoms. The van der Waals surface area contributed by atoms with Crippen molar-refractivity contribution in [3.8, 4) is 11.5 Å². The number of anilines is 2. The van der Waals surface area contributed by atoms with E-state index in [1.165, 1.54) is 4.90 Å². The highest BCUT2D eigenvalue weighted by Gasteiger charge is 2.40. The topological polar surface area (TPSA) is 67.9 Å². The van der Waals surface area contributed by atoms with Gasteiger partial charge in [-0.2, -0.15) is 0 Å². The Morgan fingerprint density at radius 2 is 1.47 bits per heavy atom. The molecule has 174 valence electrons. The molecule has 0 saturated heterocycles. The van der Waals surface area contributed by atoms with Crippen molar-refractivity contribution in [2.24, 2.45) is 0 Å². The minimum atomic E-state index is -0.413. The number of carbonyl (C=O) groups is 2. The number of hydrogen-bond acceptors (Lipinski definition) is 5. The monoisotopic (exact) mass is 456 g/mol. The normalized spacial score (nSPS) is 13.5. The van der Waals surface area contributed by atoms with Crippen LogP contribution in [0.2, 0.25) is 0 Å². The molecule has 0 unspecified atom stereocenters. The third-order valence-electron chi connectivity index (χ3n) is 5.70. The maximum Gasteiger partial charge on any atom is 0.282 e. The molecule has 0 aliphatic carbocycles. The molecule has 1 N–H and O–H groups in total. The second-order valence-corrected chi connectivity index (χ2v) is 8.01. The van der Waals surface area contributed by atoms with Gasteiger partial charge in [-0.1, -0.05) is 24.3 Å². The van der Waals surface area contributed by atoms with Gasteiger partial charge in [-0.05, 0) is 80.8 Å². The van der Waals surface area contributed by atoms with E-state index in [1.807, 2.05) is 70.2 Å². The van der Waals surface area contributed by atoms with E-state index in [0.717, 1.165) is 11.1 Å². The first-order valence-electron chi connectivity index (χ1n) is 11.4. The summed E-state index contributed by atoms with van der Waals surface area (Å²) >= 11 is 0. The average Bonchev–Trinajstić information content (AvgIpc) is 3.06. The Hall–Kier alpha value is -4.06. The maximum atomic E-state index is 13.6. The van der Waals surface area contributed by atoms with Crippen molar-refractivity contribution in [1.82, 2.24) is 0 Å². The van der Waals surface area contributed by atoms with Crippen molar-refractivity contribution in [2.75, 3.05) is 23.4 Å². The van der Waals surface area contributed by atoms with Crippen LogP contribution in [0.3, 0.4) is 0 Å². The van der Waals surface area contributed by atoms with E-state index in [2.05, 4.69) is 5.32 Å². The van der Waals surface area contributed by atoms with E-state index >= 15 is 0 Å². The Morgan fingerprint density at radius 3 is 2.15 bits per heavy atom. The van der Waals surface area contributed by atoms with Crippen molar-refractivity contribution < 1.29 is 19.1 Å². The fourth-order valence-corrected chi connectivity index (χ4v) is 3.88. The van der Waals surface area contributed by atoms with Crippen LogP contribution in [0.1, 0.15) is 30.5 Å². The summed E-state index contributed by atoms with van der Waals surface area (Å²) in [6.07, 6.45) is 0. The summed E-state index contributed by atoms with van der Waals surface area (Å²) in [5.74, 6) is 0.574. The molecular formula is C28H28N2O4. The van der Waals surface area contributed by atoms with Gasteiger partial charge in [0.25, 0.3) is 11.8 Å². The fourth-order valence-electron chi connectivity index (χ4n) is 3.88. The van der Waals surface area contributed by atoms with E-state index < -0.39 is 5.91 Å². The number of ether oxygens (including phenoxy) is 2. The summed E-state index contributed by atoms with van der Waals surface area (Å²) in [5.41, 5.74) is 4.57. The Morgan fingerprint density at radius 1 is 0.765 bits per heavy atom. The second-order valence-electron chi connectivity index (χ2n) is 8.01. The number of rotatable bonds is 8. The molecule has 1 aliphatic rings. The minimum absolute atomic E-state index is 0.232. The number of aryl methyl sites for hydroxylation is 2. The fraction of sp³-hybridized carbons (Fsp3) is 0.214. The molecule has 0 saturated carbocycles. The van der Waals surface area contributed by atoms with Gasteiger partial charge in [-0.3, -0.25) is 9.59 Å². The van der Waals surface area contributed by atoms with Gasteiger partial charge >= 0.3 is 0 Å². The quantitative estimate of drug-likeness (QED) is 0.454. The van der Waals surface area contributed by atoms with Gasteiger partial charge in [0.1, 0.15) is 17.2 Å². The van der Waals surface area contributed by atoms with Crippen molar-refractivity contribution in [2.45, 2.75) is 27.7 Å². The van der Waals surface area contributed by atoms with Crippen LogP contribution in [0.4, 0.5) is 11.4 Å². The number of benzene rings is 3. The zero-order valence-electron chi connectivity index (χ0n) is 19.8. The molecule has 0 aromatic heterocycles. The van der Waals surface area contributed by atoms with Crippen LogP contribution in [0.25, 0.3) is 5.57 Å². The largest absolute Gasteiger partial charge is 0.494 e. The third kappa shape index (κ3) is 4.53. The van der Waals surface area contributed by atoms with Gasteiger partial charge in [0.2, 0.25) is 0 Å². The number of carbonyl (C=O) groups excluding carboxylic acids is 2. The molecule has 34 heavy (non-hydrogen) atoms. The lowest BCUT2D eigenvalue weighted by molar-refractivity contribution is -0.120. The summed E-state index contributed by atoms with van der Waals surface area (Å²) in [5, 5.41) is 3.20. The Kier molecular flexibility index (Phi) is 6.68. The molecule has 0 bridgehead atoms. The van der Waals surface area contributed by atoms with E-state index in [0.29, 0.717) is 47.2 Å². The lowest BCUT2D eigenvalue weighted by atomic mass is 9.99. The lowest BCUT2D eigenvalue weighted by Crippen LogP contribution is -2.32. The van der Waals surface area contributed by atoms with E-state index in [1.54, 1.807) is 24.3 Å². The molecule has 1 heterocycles. The van der Waals surface area contributed by atoms with Gasteiger partial charge in [-0.15, -0.1) is 0 Å². The number of amides is 2. The first-order chi connectivity index (χ1) is 16.4. The van der Waals surface area contributed by atoms with Gasteiger partial charge in [0.15, 0.2) is 0 Å². The number of imide groups is 1. The molecule has 4 rings (SSSR count). The van der Waals surface area contributed by atoms with Crippen LogP contribution in [-0.2, 0) is 9.59 Å². The van der Waals surface area contributed by atoms with Gasteiger partial charge < -0.3 is 14.8 Å². The average molecular weight is 457 g/mol. The summed E-state index contributed by atoms with van der Waals surface area (Å²) in [6.45, 7) is 8.88. The molecule has 6 heteroatoms. The molecule has 2 amide bonds. The zero-order chi connectivity index (χ0) is 24.2. The van der Waals surface area contributed by atoms with Crippen molar-refractivity contribution in [1.29, 1.82) is 0 Å². The lowest BCUT2D eigenvalue weighted by Gasteiger charge is -2.16. The number of nitrogens with zero attached hydrogens (tertiary/aromatic N) is 1. The van der Waals surface area contributed by atoms with E-state index in [4.69, 9.17) is 9.47 Å². The Bertz CT molecular complexity index is 1260. The predicted molar refractivity (Wildman–Crippen MR) is 134 cm³/mol. The summed E-state index contributed by atoms with van der Waals surface area (Å²) in [6, 6.07) is 20.1. The highest BCUT2D eigenvalue weighted by atomic mass is 16.5. The molecule has 0 atom stereocenters. The number of hydrogen-bond donors (Lipinski definition) is 1. The van der Waals surface area contributed by atoms with Crippen molar-refractivity contribution in [3.63, 3.8) is 0 Å². The molecule has 0 radical (unpaired) electrons. The van der Waals surface area contributed by atoms with Gasteiger partial charge in [0, 0.05) is 11.8 Å². The first kappa shape index (κ1) is 23.1. The zero-order valence-corrected chi connectivity index (χ0v) is 19.8. The van der Waals surface area contributed by atoms with Crippen LogP contribution in [0.15, 0.2) is 72.4 Å². The van der Waals surface area contributed by atoms with Crippen LogP contribution < -0.4 is 19.7 Å². The van der Waals surface area contributed by atoms with Crippen LogP contribution in [0.5, 0.6) is 11.5 Å². The van der Waals surface area contributed by atoms with Gasteiger partial charge in [0.05, 0.1) is 24.5 Å². The maximum absolute atomic E-state index is 13.6. The Labute approximate surface area is 199 Å². The highest BCUT2D eigenvalue weighted by Crippen LogP contribution is 2.35. The second kappa shape index (κ2) is 9.83. The smallest absolute Gasteiger partial charge is 0.282 e. The Balaban J connectivity index is 1.77. The van der Waals surface area contributed by atoms with Crippen LogP contribution >= 0.6 is 0 Å². The number of nitrogens with one attached hydrogen (secondary N) is 1. The molecular weight excluding hydrogens is 428 g/mol. The summed E-state index contributed by atoms with van der Waals surface area (Å²) in [7, 11) is 0. The molecule has 3 aromatic rings. The molecule has 6 nitrogen and oxygen atoms in total. The highest BCUT2D eigenvalue weighted by molar-refractivity contribution is 6.46. The van der Waals surface area contributed by atoms with E-state index in [-0.39, 0.29) is 11.6 Å². The standard InChI is InChI=1S/C28H28N2O4/c1-5-33-23-14-12-22(13-15-23)30-27(31)25(20-11-10-18(3)19(4)16-20)26(28(30)32)29-21-8-7-9-24(17-21)34-6-2/h7-17,29H,5-6H2,1-4H3. The van der Waals surface area contributed by atoms with E-state index in [9.17, 15) is 9.59 Å².